The molecule has 2 atom stereocenters. The Kier molecular flexibility index (Phi) is 16.8. The third-order valence-corrected chi connectivity index (χ3v) is 14.2. The number of fused-ring (bicyclic) bond motifs is 2. The monoisotopic (exact) mass is 1020 g/mol. The number of anilines is 2. The molecule has 11 rings (SSSR count). The van der Waals surface area contributed by atoms with E-state index in [9.17, 15) is 19.6 Å². The van der Waals surface area contributed by atoms with Crippen molar-refractivity contribution in [3.8, 4) is 40.9 Å². The van der Waals surface area contributed by atoms with E-state index in [-0.39, 0.29) is 35.9 Å². The Bertz CT molecular complexity index is 3260. The average molecular weight is 1020 g/mol. The third-order valence-electron chi connectivity index (χ3n) is 14.2. The van der Waals surface area contributed by atoms with E-state index in [0.717, 1.165) is 89.5 Å². The summed E-state index contributed by atoms with van der Waals surface area (Å²) in [4.78, 5) is 47.3. The minimum Gasteiger partial charge on any atom is -0.497 e. The van der Waals surface area contributed by atoms with Crippen molar-refractivity contribution in [1.29, 1.82) is 10.5 Å². The predicted octanol–water partition coefficient (Wildman–Crippen LogP) is 9.82. The highest BCUT2D eigenvalue weighted by Gasteiger charge is 2.31. The first-order valence-electron chi connectivity index (χ1n) is 25.9. The second-order valence-corrected chi connectivity index (χ2v) is 19.7. The van der Waals surface area contributed by atoms with Crippen molar-refractivity contribution < 1.29 is 28.6 Å². The standard InChI is InChI=1S/C28H28N6O3.C25H26N6O2.C5H8O/c1-19-3-7-23(8-4-19)37-24-12-15-30-28-26(24)27(31-21-13-16-33(18-21)25(35)11-14-29)32-34(28)17-20-5-9-22(36-2)10-6-20;1-16-5-7-20(8-6-16)33-21-9-11-27-23-22(21)24(30-29-23)28-19-10-12-31(15-19)25(32)18(14-26)13-17-3-2-4-17;6-4-5-2-1-3-5/h3-10,12,15,21H,11,13,16-18H2,1-2H3,(H,31,32);5-9,11,13,17,19H,2-4,10,12,15H2,1H3,(H2,27,28,29,30);4-5H,1-3H2/b;18-13+;/t21-;19-;/m11./s1. The van der Waals surface area contributed by atoms with Gasteiger partial charge in [0.25, 0.3) is 5.91 Å². The summed E-state index contributed by atoms with van der Waals surface area (Å²) < 4.78 is 19.5. The zero-order valence-electron chi connectivity index (χ0n) is 43.1. The van der Waals surface area contributed by atoms with Gasteiger partial charge in [0.1, 0.15) is 63.9 Å². The zero-order chi connectivity index (χ0) is 53.0. The molecule has 4 fully saturated rings. The van der Waals surface area contributed by atoms with E-state index in [2.05, 4.69) is 36.9 Å². The molecule has 2 saturated heterocycles. The van der Waals surface area contributed by atoms with Gasteiger partial charge in [-0.3, -0.25) is 14.7 Å². The summed E-state index contributed by atoms with van der Waals surface area (Å²) in [5.74, 6) is 5.33. The summed E-state index contributed by atoms with van der Waals surface area (Å²) in [6.45, 7) is 6.82. The Morgan fingerprint density at radius 2 is 1.30 bits per heavy atom. The van der Waals surface area contributed by atoms with Gasteiger partial charge in [-0.05, 0) is 100 Å². The smallest absolute Gasteiger partial charge is 0.264 e. The summed E-state index contributed by atoms with van der Waals surface area (Å²) in [5.41, 5.74) is 4.96. The van der Waals surface area contributed by atoms with Crippen LogP contribution in [-0.4, -0.2) is 103 Å². The highest BCUT2D eigenvalue weighted by molar-refractivity contribution is 5.98. The topological polar surface area (TPSA) is 229 Å². The van der Waals surface area contributed by atoms with Crippen molar-refractivity contribution in [3.63, 3.8) is 0 Å². The van der Waals surface area contributed by atoms with E-state index in [0.29, 0.717) is 79.0 Å². The number of hydrogen-bond acceptors (Lipinski definition) is 14. The Balaban J connectivity index is 0.000000168. The molecule has 390 valence electrons. The number of likely N-dealkylation sites (tertiary alicyclic amines) is 2. The number of nitrogens with one attached hydrogen (secondary N) is 3. The van der Waals surface area contributed by atoms with Crippen LogP contribution in [0.3, 0.4) is 0 Å². The Labute approximate surface area is 441 Å². The van der Waals surface area contributed by atoms with Gasteiger partial charge in [0.2, 0.25) is 5.91 Å². The number of allylic oxidation sites excluding steroid dienone is 1. The van der Waals surface area contributed by atoms with Crippen molar-refractivity contribution in [2.45, 2.75) is 90.3 Å². The molecule has 0 spiro atoms. The first kappa shape index (κ1) is 52.1. The van der Waals surface area contributed by atoms with E-state index < -0.39 is 0 Å². The van der Waals surface area contributed by atoms with Crippen LogP contribution in [-0.2, 0) is 20.9 Å². The molecule has 0 bridgehead atoms. The molecule has 4 aliphatic rings. The van der Waals surface area contributed by atoms with Gasteiger partial charge >= 0.3 is 0 Å². The van der Waals surface area contributed by atoms with Gasteiger partial charge in [-0.25, -0.2) is 14.6 Å². The van der Waals surface area contributed by atoms with Crippen LogP contribution in [0.25, 0.3) is 22.1 Å². The number of pyridine rings is 2. The molecule has 3 aromatic carbocycles. The van der Waals surface area contributed by atoms with Gasteiger partial charge < -0.3 is 39.4 Å². The number of aldehydes is 1. The fraction of sp³-hybridized carbons (Fsp3) is 0.362. The number of aromatic amines is 1. The molecule has 4 aromatic heterocycles. The number of hydrogen-bond donors (Lipinski definition) is 3. The van der Waals surface area contributed by atoms with E-state index in [4.69, 9.17) is 24.6 Å². The highest BCUT2D eigenvalue weighted by Crippen LogP contribution is 2.37. The molecule has 2 amide bonds. The van der Waals surface area contributed by atoms with Crippen LogP contribution in [0.15, 0.2) is 109 Å². The maximum atomic E-state index is 12.8. The second kappa shape index (κ2) is 24.5. The van der Waals surface area contributed by atoms with Crippen LogP contribution in [0.5, 0.6) is 28.7 Å². The quantitative estimate of drug-likeness (QED) is 0.0493. The largest absolute Gasteiger partial charge is 0.497 e. The maximum absolute atomic E-state index is 12.8. The third kappa shape index (κ3) is 12.8. The van der Waals surface area contributed by atoms with E-state index in [1.807, 2.05) is 116 Å². The SMILES string of the molecule is COc1ccc(Cn2nc(N[C@@H]3CCN(C(=O)CC#N)C3)c3c(Oc4ccc(C)cc4)ccnc32)cc1.Cc1ccc(Oc2ccnc3[nH]nc(N[C@@H]4CCN(C(=O)/C(C#N)=C/C5CCC5)C4)c23)cc1.O=CC1CCC1. The lowest BCUT2D eigenvalue weighted by molar-refractivity contribution is -0.129. The molecule has 3 N–H and O–H groups in total. The molecule has 18 nitrogen and oxygen atoms in total. The van der Waals surface area contributed by atoms with Crippen molar-refractivity contribution in [2.24, 2.45) is 11.8 Å². The number of H-pyrrole nitrogens is 1. The highest BCUT2D eigenvalue weighted by atomic mass is 16.5. The van der Waals surface area contributed by atoms with Crippen LogP contribution in [0, 0.1) is 48.3 Å². The van der Waals surface area contributed by atoms with Crippen molar-refractivity contribution >= 4 is 51.8 Å². The lowest BCUT2D eigenvalue weighted by atomic mass is 9.84. The summed E-state index contributed by atoms with van der Waals surface area (Å²) in [6.07, 6.45) is 14.6. The molecular weight excluding hydrogens is 961 g/mol. The number of benzene rings is 3. The fourth-order valence-electron chi connectivity index (χ4n) is 9.33. The zero-order valence-corrected chi connectivity index (χ0v) is 43.1. The maximum Gasteiger partial charge on any atom is 0.264 e. The van der Waals surface area contributed by atoms with Gasteiger partial charge in [0.05, 0.1) is 19.7 Å². The normalized spacial score (nSPS) is 17.2. The van der Waals surface area contributed by atoms with Crippen LogP contribution >= 0.6 is 0 Å². The number of aryl methyl sites for hydroxylation is 2. The summed E-state index contributed by atoms with van der Waals surface area (Å²) in [6, 6.07) is 31.3. The Morgan fingerprint density at radius 1 is 0.724 bits per heavy atom. The van der Waals surface area contributed by atoms with E-state index >= 15 is 0 Å². The Morgan fingerprint density at radius 3 is 1.87 bits per heavy atom. The summed E-state index contributed by atoms with van der Waals surface area (Å²) in [7, 11) is 1.64. The number of rotatable bonds is 15. The lowest BCUT2D eigenvalue weighted by Crippen LogP contribution is -2.32. The van der Waals surface area contributed by atoms with E-state index in [1.54, 1.807) is 29.3 Å². The summed E-state index contributed by atoms with van der Waals surface area (Å²) in [5, 5.41) is 39.1. The number of amides is 2. The molecule has 0 radical (unpaired) electrons. The van der Waals surface area contributed by atoms with Crippen LogP contribution in [0.4, 0.5) is 11.6 Å². The lowest BCUT2D eigenvalue weighted by Gasteiger charge is -2.23. The van der Waals surface area contributed by atoms with Crippen molar-refractivity contribution in [3.05, 3.63) is 126 Å². The molecule has 7 aromatic rings. The van der Waals surface area contributed by atoms with E-state index in [1.165, 1.54) is 12.8 Å². The molecule has 2 aliphatic heterocycles. The molecule has 18 heteroatoms. The van der Waals surface area contributed by atoms with Crippen molar-refractivity contribution in [2.75, 3.05) is 43.9 Å². The number of methoxy groups -OCH3 is 1. The van der Waals surface area contributed by atoms with Crippen molar-refractivity contribution in [1.82, 2.24) is 39.7 Å². The average Bonchev–Trinajstić information content (AvgIpc) is 4.24. The molecule has 2 saturated carbocycles. The van der Waals surface area contributed by atoms with Crippen LogP contribution in [0.2, 0.25) is 0 Å². The first-order chi connectivity index (χ1) is 37.1. The second-order valence-electron chi connectivity index (χ2n) is 19.7. The first-order valence-corrected chi connectivity index (χ1v) is 25.9. The number of nitrogens with zero attached hydrogens (tertiary/aromatic N) is 9. The van der Waals surface area contributed by atoms with Crippen LogP contribution < -0.4 is 24.8 Å². The van der Waals surface area contributed by atoms with Gasteiger partial charge in [0, 0.05) is 68.7 Å². The predicted molar refractivity (Wildman–Crippen MR) is 288 cm³/mol. The van der Waals surface area contributed by atoms with Crippen LogP contribution in [0.1, 0.15) is 74.5 Å². The molecule has 6 heterocycles. The minimum atomic E-state index is -0.175. The fourth-order valence-corrected chi connectivity index (χ4v) is 9.33. The van der Waals surface area contributed by atoms with Gasteiger partial charge in [-0.15, -0.1) is 0 Å². The minimum absolute atomic E-state index is 0.00242. The Hall–Kier alpha value is -8.77. The number of ether oxygens (including phenoxy) is 3. The molecule has 76 heavy (non-hydrogen) atoms. The number of aromatic nitrogens is 6. The number of carbonyl (C=O) groups is 3. The molecule has 2 aliphatic carbocycles. The number of carbonyl (C=O) groups excluding carboxylic acids is 3. The molecular formula is C58H62N12O6. The number of nitriles is 2. The van der Waals surface area contributed by atoms with Gasteiger partial charge in [0.15, 0.2) is 22.9 Å². The van der Waals surface area contributed by atoms with Gasteiger partial charge in [-0.1, -0.05) is 66.4 Å². The summed E-state index contributed by atoms with van der Waals surface area (Å²) >= 11 is 0. The van der Waals surface area contributed by atoms with Gasteiger partial charge in [-0.2, -0.15) is 20.7 Å². The molecule has 0 unspecified atom stereocenters.